The Labute approximate surface area is 111 Å². The van der Waals surface area contributed by atoms with E-state index in [0.717, 1.165) is 18.2 Å². The van der Waals surface area contributed by atoms with Gasteiger partial charge in [0, 0.05) is 13.0 Å². The first-order valence-corrected chi connectivity index (χ1v) is 6.86. The predicted molar refractivity (Wildman–Crippen MR) is 68.3 cm³/mol. The van der Waals surface area contributed by atoms with Crippen molar-refractivity contribution in [1.82, 2.24) is 4.72 Å². The number of carboxylic acid groups (broad SMARTS) is 1. The molecule has 19 heavy (non-hydrogen) atoms. The number of hydrogen-bond donors (Lipinski definition) is 3. The number of aromatic carboxylic acids is 1. The Kier molecular flexibility index (Phi) is 4.92. The molecule has 3 N–H and O–H groups in total. The van der Waals surface area contributed by atoms with Crippen LogP contribution in [0.1, 0.15) is 23.2 Å². The van der Waals surface area contributed by atoms with E-state index >= 15 is 0 Å². The number of unbranched alkanes of at least 4 members (excludes halogenated alkanes) is 1. The van der Waals surface area contributed by atoms with Gasteiger partial charge in [-0.2, -0.15) is 0 Å². The second-order valence-electron chi connectivity index (χ2n) is 3.69. The normalized spacial score (nSPS) is 10.9. The van der Waals surface area contributed by atoms with Gasteiger partial charge in [-0.3, -0.25) is 0 Å². The van der Waals surface area contributed by atoms with Gasteiger partial charge in [-0.05, 0) is 24.6 Å². The maximum absolute atomic E-state index is 11.8. The highest BCUT2D eigenvalue weighted by atomic mass is 32.2. The van der Waals surface area contributed by atoms with Gasteiger partial charge in [-0.15, -0.1) is 12.3 Å². The van der Waals surface area contributed by atoms with E-state index in [-0.39, 0.29) is 11.4 Å². The zero-order valence-electron chi connectivity index (χ0n) is 9.96. The number of carbonyl (C=O) groups is 1. The molecule has 0 bridgehead atoms. The molecule has 0 aliphatic heterocycles. The molecule has 0 heterocycles. The van der Waals surface area contributed by atoms with Gasteiger partial charge >= 0.3 is 5.97 Å². The smallest absolute Gasteiger partial charge is 0.339 e. The van der Waals surface area contributed by atoms with Gasteiger partial charge in [-0.25, -0.2) is 17.9 Å². The molecule has 0 aliphatic carbocycles. The third-order valence-corrected chi connectivity index (χ3v) is 3.76. The van der Waals surface area contributed by atoms with Crippen LogP contribution in [-0.4, -0.2) is 31.1 Å². The van der Waals surface area contributed by atoms with Crippen molar-refractivity contribution in [3.05, 3.63) is 23.8 Å². The van der Waals surface area contributed by atoms with E-state index in [2.05, 4.69) is 10.6 Å². The third-order valence-electron chi connectivity index (χ3n) is 2.30. The van der Waals surface area contributed by atoms with Crippen LogP contribution >= 0.6 is 0 Å². The van der Waals surface area contributed by atoms with Crippen LogP contribution in [0.4, 0.5) is 0 Å². The average molecular weight is 283 g/mol. The van der Waals surface area contributed by atoms with Crippen LogP contribution in [-0.2, 0) is 10.0 Å². The van der Waals surface area contributed by atoms with E-state index in [0.29, 0.717) is 12.8 Å². The lowest BCUT2D eigenvalue weighted by Gasteiger charge is -2.07. The molecule has 0 unspecified atom stereocenters. The highest BCUT2D eigenvalue weighted by Crippen LogP contribution is 2.21. The summed E-state index contributed by atoms with van der Waals surface area (Å²) < 4.78 is 26.0. The Bertz CT molecular complexity index is 615. The summed E-state index contributed by atoms with van der Waals surface area (Å²) in [5, 5.41) is 18.1. The van der Waals surface area contributed by atoms with Gasteiger partial charge in [0.05, 0.1) is 4.90 Å². The van der Waals surface area contributed by atoms with Crippen LogP contribution in [0.5, 0.6) is 5.75 Å². The first-order valence-electron chi connectivity index (χ1n) is 5.38. The van der Waals surface area contributed by atoms with Gasteiger partial charge in [-0.1, -0.05) is 0 Å². The molecule has 0 radical (unpaired) electrons. The number of terminal acetylenes is 1. The van der Waals surface area contributed by atoms with Crippen LogP contribution in [0.3, 0.4) is 0 Å². The molecule has 0 spiro atoms. The molecule has 0 saturated heterocycles. The number of benzene rings is 1. The number of sulfonamides is 1. The van der Waals surface area contributed by atoms with E-state index in [1.807, 2.05) is 0 Å². The number of nitrogens with one attached hydrogen (secondary N) is 1. The fourth-order valence-electron chi connectivity index (χ4n) is 1.33. The van der Waals surface area contributed by atoms with E-state index < -0.39 is 27.3 Å². The van der Waals surface area contributed by atoms with Crippen LogP contribution in [0.25, 0.3) is 0 Å². The molecular formula is C12H13NO5S. The predicted octanol–water partition coefficient (Wildman–Crippen LogP) is 0.782. The van der Waals surface area contributed by atoms with Crippen LogP contribution < -0.4 is 4.72 Å². The third kappa shape index (κ3) is 3.98. The number of aromatic hydroxyl groups is 1. The van der Waals surface area contributed by atoms with Crippen LogP contribution in [0.2, 0.25) is 0 Å². The van der Waals surface area contributed by atoms with Gasteiger partial charge in [0.25, 0.3) is 0 Å². The standard InChI is InChI=1S/C12H13NO5S/c1-2-3-4-7-13-19(17,18)9-5-6-11(14)10(8-9)12(15)16/h1,5-6,8,13-14H,3-4,7H2,(H,15,16). The average Bonchev–Trinajstić information content (AvgIpc) is 2.34. The summed E-state index contributed by atoms with van der Waals surface area (Å²) in [6.07, 6.45) is 5.97. The topological polar surface area (TPSA) is 104 Å². The van der Waals surface area contributed by atoms with E-state index in [9.17, 15) is 18.3 Å². The lowest BCUT2D eigenvalue weighted by atomic mass is 10.2. The summed E-state index contributed by atoms with van der Waals surface area (Å²) in [4.78, 5) is 10.6. The number of carboxylic acids is 1. The molecule has 7 heteroatoms. The zero-order valence-corrected chi connectivity index (χ0v) is 10.8. The summed E-state index contributed by atoms with van der Waals surface area (Å²) in [6, 6.07) is 3.06. The van der Waals surface area contributed by atoms with E-state index in [1.165, 1.54) is 0 Å². The number of hydrogen-bond acceptors (Lipinski definition) is 4. The van der Waals surface area contributed by atoms with E-state index in [1.54, 1.807) is 0 Å². The molecule has 0 atom stereocenters. The maximum Gasteiger partial charge on any atom is 0.339 e. The van der Waals surface area contributed by atoms with Gasteiger partial charge in [0.2, 0.25) is 10.0 Å². The highest BCUT2D eigenvalue weighted by molar-refractivity contribution is 7.89. The van der Waals surface area contributed by atoms with Crippen LogP contribution in [0.15, 0.2) is 23.1 Å². The van der Waals surface area contributed by atoms with Crippen molar-refractivity contribution in [2.45, 2.75) is 17.7 Å². The first kappa shape index (κ1) is 15.0. The van der Waals surface area contributed by atoms with Gasteiger partial charge in [0.1, 0.15) is 11.3 Å². The Balaban J connectivity index is 2.93. The minimum absolute atomic E-state index is 0.163. The Hall–Kier alpha value is -2.04. The fraction of sp³-hybridized carbons (Fsp3) is 0.250. The highest BCUT2D eigenvalue weighted by Gasteiger charge is 2.18. The Morgan fingerprint density at radius 3 is 2.68 bits per heavy atom. The van der Waals surface area contributed by atoms with Crippen molar-refractivity contribution in [1.29, 1.82) is 0 Å². The molecule has 0 amide bonds. The summed E-state index contributed by atoms with van der Waals surface area (Å²) in [7, 11) is -3.81. The van der Waals surface area contributed by atoms with Crippen molar-refractivity contribution in [2.75, 3.05) is 6.54 Å². The molecule has 0 saturated carbocycles. The molecule has 6 nitrogen and oxygen atoms in total. The molecule has 0 aliphatic rings. The summed E-state index contributed by atoms with van der Waals surface area (Å²) in [6.45, 7) is 0.163. The van der Waals surface area contributed by atoms with Crippen molar-refractivity contribution in [3.63, 3.8) is 0 Å². The summed E-state index contributed by atoms with van der Waals surface area (Å²) >= 11 is 0. The van der Waals surface area contributed by atoms with E-state index in [4.69, 9.17) is 11.5 Å². The first-order chi connectivity index (χ1) is 8.88. The monoisotopic (exact) mass is 283 g/mol. The summed E-state index contributed by atoms with van der Waals surface area (Å²) in [5.74, 6) is 0.491. The molecule has 1 aromatic rings. The molecule has 0 aromatic heterocycles. The molecule has 1 aromatic carbocycles. The number of rotatable bonds is 6. The number of phenols is 1. The van der Waals surface area contributed by atoms with Crippen molar-refractivity contribution in [3.8, 4) is 18.1 Å². The minimum Gasteiger partial charge on any atom is -0.507 e. The Morgan fingerprint density at radius 1 is 1.42 bits per heavy atom. The molecule has 102 valence electrons. The molecular weight excluding hydrogens is 270 g/mol. The minimum atomic E-state index is -3.81. The van der Waals surface area contributed by atoms with Crippen LogP contribution in [0, 0.1) is 12.3 Å². The van der Waals surface area contributed by atoms with Crippen molar-refractivity contribution in [2.24, 2.45) is 0 Å². The second kappa shape index (κ2) is 6.22. The van der Waals surface area contributed by atoms with Gasteiger partial charge < -0.3 is 10.2 Å². The SMILES string of the molecule is C#CCCCNS(=O)(=O)c1ccc(O)c(C(=O)O)c1. The van der Waals surface area contributed by atoms with Crippen molar-refractivity contribution >= 4 is 16.0 Å². The maximum atomic E-state index is 11.8. The largest absolute Gasteiger partial charge is 0.507 e. The molecule has 0 fully saturated rings. The zero-order chi connectivity index (χ0) is 14.5. The Morgan fingerprint density at radius 2 is 2.11 bits per heavy atom. The fourth-order valence-corrected chi connectivity index (χ4v) is 2.43. The second-order valence-corrected chi connectivity index (χ2v) is 5.46. The summed E-state index contributed by atoms with van der Waals surface area (Å²) in [5.41, 5.74) is -0.466. The van der Waals surface area contributed by atoms with Crippen molar-refractivity contribution < 1.29 is 23.4 Å². The lowest BCUT2D eigenvalue weighted by molar-refractivity contribution is 0.0693. The molecule has 1 rings (SSSR count). The quantitative estimate of drug-likeness (QED) is 0.529. The lowest BCUT2D eigenvalue weighted by Crippen LogP contribution is -2.25. The van der Waals surface area contributed by atoms with Gasteiger partial charge in [0.15, 0.2) is 0 Å².